The van der Waals surface area contributed by atoms with Crippen LogP contribution in [0.2, 0.25) is 5.15 Å². The van der Waals surface area contributed by atoms with E-state index in [0.29, 0.717) is 34.5 Å². The van der Waals surface area contributed by atoms with E-state index in [-0.39, 0.29) is 23.7 Å². The van der Waals surface area contributed by atoms with Crippen LogP contribution in [0.5, 0.6) is 5.88 Å². The third-order valence-electron chi connectivity index (χ3n) is 4.43. The number of anilines is 3. The molecule has 0 unspecified atom stereocenters. The van der Waals surface area contributed by atoms with E-state index in [1.807, 2.05) is 13.8 Å². The van der Waals surface area contributed by atoms with Crippen LogP contribution in [0.1, 0.15) is 19.4 Å². The van der Waals surface area contributed by atoms with Gasteiger partial charge in [0.2, 0.25) is 5.88 Å². The Kier molecular flexibility index (Phi) is 4.87. The molecule has 0 spiro atoms. The molecule has 0 saturated carbocycles. The molecule has 1 aliphatic rings. The van der Waals surface area contributed by atoms with E-state index >= 15 is 0 Å². The van der Waals surface area contributed by atoms with Gasteiger partial charge in [-0.2, -0.15) is 4.98 Å². The first kappa shape index (κ1) is 19.2. The highest BCUT2D eigenvalue weighted by molar-refractivity contribution is 6.29. The zero-order chi connectivity index (χ0) is 20.6. The topological polar surface area (TPSA) is 81.1 Å². The maximum absolute atomic E-state index is 14.4. The highest BCUT2D eigenvalue weighted by atomic mass is 35.5. The lowest BCUT2D eigenvalue weighted by atomic mass is 10.1. The first-order chi connectivity index (χ1) is 13.8. The zero-order valence-electron chi connectivity index (χ0n) is 15.9. The summed E-state index contributed by atoms with van der Waals surface area (Å²) >= 11 is 5.75. The number of fused-ring (bicyclic) bond motifs is 1. The molecule has 0 radical (unpaired) electrons. The van der Waals surface area contributed by atoms with Crippen LogP contribution in [0.15, 0.2) is 47.4 Å². The van der Waals surface area contributed by atoms with Gasteiger partial charge in [0.05, 0.1) is 29.7 Å². The third-order valence-corrected chi connectivity index (χ3v) is 4.66. The first-order valence-electron chi connectivity index (χ1n) is 8.99. The number of hydrogen-bond acceptors (Lipinski definition) is 6. The smallest absolute Gasteiger partial charge is 0.352 e. The molecule has 2 aromatic heterocycles. The summed E-state index contributed by atoms with van der Waals surface area (Å²) in [6.45, 7) is 4.62. The highest BCUT2D eigenvalue weighted by Gasteiger charge is 2.29. The molecule has 2 N–H and O–H groups in total. The summed E-state index contributed by atoms with van der Waals surface area (Å²) in [6.07, 6.45) is 1.52. The van der Waals surface area contributed by atoms with Crippen molar-refractivity contribution in [2.45, 2.75) is 32.5 Å². The number of aromatic nitrogens is 3. The van der Waals surface area contributed by atoms with Crippen molar-refractivity contribution in [1.82, 2.24) is 14.5 Å². The summed E-state index contributed by atoms with van der Waals surface area (Å²) < 4.78 is 21.6. The summed E-state index contributed by atoms with van der Waals surface area (Å²) in [4.78, 5) is 20.1. The molecule has 0 atom stereocenters. The van der Waals surface area contributed by atoms with E-state index < -0.39 is 5.82 Å². The van der Waals surface area contributed by atoms with Crippen molar-refractivity contribution in [3.8, 4) is 5.88 Å². The van der Waals surface area contributed by atoms with E-state index in [1.165, 1.54) is 12.3 Å². The quantitative estimate of drug-likeness (QED) is 0.614. The van der Waals surface area contributed by atoms with Gasteiger partial charge in [0, 0.05) is 6.07 Å². The van der Waals surface area contributed by atoms with Gasteiger partial charge in [-0.1, -0.05) is 17.7 Å². The summed E-state index contributed by atoms with van der Waals surface area (Å²) in [5.74, 6) is 0.417. The fraction of sp³-hybridized carbons (Fsp3) is 0.250. The second-order valence-electron chi connectivity index (χ2n) is 7.45. The SMILES string of the molecule is CC1(C)Cn2c(cc(OCc3ccc(Nc4ccc(Cl)nc4)c(F)c3)nc2=O)N1. The minimum absolute atomic E-state index is 0.0823. The van der Waals surface area contributed by atoms with Crippen molar-refractivity contribution in [3.05, 3.63) is 69.6 Å². The van der Waals surface area contributed by atoms with Crippen LogP contribution >= 0.6 is 11.6 Å². The Hall–Kier alpha value is -3.13. The Labute approximate surface area is 171 Å². The molecule has 7 nitrogen and oxygen atoms in total. The number of ether oxygens (including phenoxy) is 1. The molecule has 150 valence electrons. The standard InChI is InChI=1S/C20H19ClFN5O2/c1-20(2)11-27-17(26-20)8-18(25-19(27)28)29-10-12-3-5-15(14(22)7-12)24-13-4-6-16(21)23-9-13/h3-9,24,26H,10-11H2,1-2H3. The average molecular weight is 416 g/mol. The van der Waals surface area contributed by atoms with E-state index in [1.54, 1.807) is 34.9 Å². The van der Waals surface area contributed by atoms with Crippen LogP contribution in [-0.2, 0) is 13.2 Å². The van der Waals surface area contributed by atoms with Crippen molar-refractivity contribution < 1.29 is 9.13 Å². The van der Waals surface area contributed by atoms with E-state index in [2.05, 4.69) is 20.6 Å². The fourth-order valence-electron chi connectivity index (χ4n) is 3.11. The van der Waals surface area contributed by atoms with Gasteiger partial charge in [0.25, 0.3) is 0 Å². The summed E-state index contributed by atoms with van der Waals surface area (Å²) in [5, 5.41) is 6.56. The number of nitrogens with one attached hydrogen (secondary N) is 2. The lowest BCUT2D eigenvalue weighted by Crippen LogP contribution is -2.30. The Morgan fingerprint density at radius 1 is 1.31 bits per heavy atom. The van der Waals surface area contributed by atoms with Gasteiger partial charge in [0.15, 0.2) is 0 Å². The van der Waals surface area contributed by atoms with Gasteiger partial charge in [-0.15, -0.1) is 0 Å². The third kappa shape index (κ3) is 4.32. The molecule has 4 rings (SSSR count). The van der Waals surface area contributed by atoms with Crippen molar-refractivity contribution in [3.63, 3.8) is 0 Å². The summed E-state index contributed by atoms with van der Waals surface area (Å²) in [7, 11) is 0. The van der Waals surface area contributed by atoms with Crippen LogP contribution in [0.3, 0.4) is 0 Å². The second-order valence-corrected chi connectivity index (χ2v) is 7.84. The van der Waals surface area contributed by atoms with Gasteiger partial charge in [0.1, 0.15) is 23.4 Å². The second kappa shape index (κ2) is 7.36. The largest absolute Gasteiger partial charge is 0.473 e. The number of hydrogen-bond donors (Lipinski definition) is 2. The van der Waals surface area contributed by atoms with E-state index in [4.69, 9.17) is 16.3 Å². The van der Waals surface area contributed by atoms with Crippen molar-refractivity contribution in [2.75, 3.05) is 10.6 Å². The van der Waals surface area contributed by atoms with Gasteiger partial charge < -0.3 is 15.4 Å². The monoisotopic (exact) mass is 415 g/mol. The fourth-order valence-corrected chi connectivity index (χ4v) is 3.22. The van der Waals surface area contributed by atoms with Crippen molar-refractivity contribution in [1.29, 1.82) is 0 Å². The maximum Gasteiger partial charge on any atom is 0.352 e. The van der Waals surface area contributed by atoms with Crippen LogP contribution in [0.25, 0.3) is 0 Å². The number of rotatable bonds is 5. The normalized spacial score (nSPS) is 14.2. The molecular formula is C20H19ClFN5O2. The molecule has 0 amide bonds. The summed E-state index contributed by atoms with van der Waals surface area (Å²) in [6, 6.07) is 9.71. The van der Waals surface area contributed by atoms with Crippen LogP contribution in [0, 0.1) is 5.82 Å². The van der Waals surface area contributed by atoms with Crippen molar-refractivity contribution >= 4 is 28.8 Å². The van der Waals surface area contributed by atoms with E-state index in [9.17, 15) is 9.18 Å². The predicted octanol–water partition coefficient (Wildman–Crippen LogP) is 3.96. The number of benzene rings is 1. The molecule has 3 heterocycles. The zero-order valence-corrected chi connectivity index (χ0v) is 16.6. The number of pyridine rings is 1. The van der Waals surface area contributed by atoms with Gasteiger partial charge >= 0.3 is 5.69 Å². The Bertz CT molecular complexity index is 1110. The highest BCUT2D eigenvalue weighted by Crippen LogP contribution is 2.26. The van der Waals surface area contributed by atoms with Crippen LogP contribution < -0.4 is 21.1 Å². The molecule has 0 saturated heterocycles. The minimum Gasteiger partial charge on any atom is -0.473 e. The molecule has 3 aromatic rings. The van der Waals surface area contributed by atoms with Crippen LogP contribution in [0.4, 0.5) is 21.6 Å². The Morgan fingerprint density at radius 3 is 2.86 bits per heavy atom. The Morgan fingerprint density at radius 2 is 2.14 bits per heavy atom. The Balaban J connectivity index is 1.44. The molecule has 0 fully saturated rings. The molecule has 1 aromatic carbocycles. The molecule has 0 aliphatic carbocycles. The van der Waals surface area contributed by atoms with Crippen LogP contribution in [-0.4, -0.2) is 20.1 Å². The molecule has 9 heteroatoms. The molecule has 0 bridgehead atoms. The minimum atomic E-state index is -0.438. The lowest BCUT2D eigenvalue weighted by molar-refractivity contribution is 0.291. The van der Waals surface area contributed by atoms with E-state index in [0.717, 1.165) is 0 Å². The maximum atomic E-state index is 14.4. The molecular weight excluding hydrogens is 397 g/mol. The first-order valence-corrected chi connectivity index (χ1v) is 9.37. The number of nitrogens with zero attached hydrogens (tertiary/aromatic N) is 3. The molecule has 1 aliphatic heterocycles. The predicted molar refractivity (Wildman–Crippen MR) is 109 cm³/mol. The number of halogens is 2. The van der Waals surface area contributed by atoms with Gasteiger partial charge in [-0.25, -0.2) is 14.2 Å². The summed E-state index contributed by atoms with van der Waals surface area (Å²) in [5.41, 5.74) is 0.933. The molecule has 29 heavy (non-hydrogen) atoms. The average Bonchev–Trinajstić information content (AvgIpc) is 2.98. The van der Waals surface area contributed by atoms with Gasteiger partial charge in [-0.05, 0) is 43.7 Å². The van der Waals surface area contributed by atoms with Gasteiger partial charge in [-0.3, -0.25) is 4.57 Å². The van der Waals surface area contributed by atoms with Crippen molar-refractivity contribution in [2.24, 2.45) is 0 Å². The lowest BCUT2D eigenvalue weighted by Gasteiger charge is -2.16.